The van der Waals surface area contributed by atoms with E-state index in [4.69, 9.17) is 9.47 Å². The minimum absolute atomic E-state index is 0.286. The van der Waals surface area contributed by atoms with Gasteiger partial charge < -0.3 is 9.47 Å². The first-order valence-electron chi connectivity index (χ1n) is 8.45. The van der Waals surface area contributed by atoms with Crippen LogP contribution in [0.3, 0.4) is 0 Å². The average molecular weight is 284 g/mol. The SMILES string of the molecule is C=C(C)C(CCCCCCCC)C(C)(OCC)OCC. The molecule has 2 nitrogen and oxygen atoms in total. The summed E-state index contributed by atoms with van der Waals surface area (Å²) in [7, 11) is 0. The lowest BCUT2D eigenvalue weighted by Crippen LogP contribution is -2.41. The van der Waals surface area contributed by atoms with E-state index in [2.05, 4.69) is 27.4 Å². The molecule has 0 aromatic rings. The molecular weight excluding hydrogens is 248 g/mol. The van der Waals surface area contributed by atoms with E-state index in [0.29, 0.717) is 13.2 Å². The lowest BCUT2D eigenvalue weighted by Gasteiger charge is -2.37. The van der Waals surface area contributed by atoms with Crippen LogP contribution < -0.4 is 0 Å². The molecule has 0 saturated heterocycles. The van der Waals surface area contributed by atoms with Crippen LogP contribution in [0, 0.1) is 5.92 Å². The van der Waals surface area contributed by atoms with Crippen molar-refractivity contribution in [1.29, 1.82) is 0 Å². The zero-order valence-corrected chi connectivity index (χ0v) is 14.5. The zero-order valence-electron chi connectivity index (χ0n) is 14.5. The second kappa shape index (κ2) is 11.3. The Kier molecular flexibility index (Phi) is 11.1. The molecule has 0 radical (unpaired) electrons. The Hall–Kier alpha value is -0.340. The Labute approximate surface area is 126 Å². The first-order valence-corrected chi connectivity index (χ1v) is 8.45. The first kappa shape index (κ1) is 19.7. The summed E-state index contributed by atoms with van der Waals surface area (Å²) in [5.74, 6) is -0.229. The molecule has 0 bridgehead atoms. The van der Waals surface area contributed by atoms with E-state index in [1.165, 1.54) is 44.1 Å². The molecule has 0 aliphatic carbocycles. The third kappa shape index (κ3) is 7.44. The molecule has 0 rings (SSSR count). The number of ether oxygens (including phenoxy) is 2. The summed E-state index contributed by atoms with van der Waals surface area (Å²) in [5, 5.41) is 0. The van der Waals surface area contributed by atoms with Gasteiger partial charge in [-0.05, 0) is 34.1 Å². The molecule has 0 spiro atoms. The van der Waals surface area contributed by atoms with Crippen LogP contribution in [0.2, 0.25) is 0 Å². The van der Waals surface area contributed by atoms with Gasteiger partial charge in [0.15, 0.2) is 5.79 Å². The molecule has 0 fully saturated rings. The standard InChI is InChI=1S/C18H36O2/c1-7-10-11-12-13-14-15-17(16(4)5)18(6,19-8-2)20-9-3/h17H,4,7-15H2,1-3,5-6H3. The molecule has 0 aliphatic heterocycles. The van der Waals surface area contributed by atoms with Crippen LogP contribution in [-0.2, 0) is 9.47 Å². The van der Waals surface area contributed by atoms with Crippen molar-refractivity contribution in [3.05, 3.63) is 12.2 Å². The highest BCUT2D eigenvalue weighted by molar-refractivity contribution is 5.02. The molecule has 0 amide bonds. The van der Waals surface area contributed by atoms with Crippen molar-refractivity contribution < 1.29 is 9.47 Å². The third-order valence-corrected chi connectivity index (χ3v) is 3.94. The Morgan fingerprint density at radius 1 is 0.950 bits per heavy atom. The Balaban J connectivity index is 4.35. The minimum Gasteiger partial charge on any atom is -0.350 e. The van der Waals surface area contributed by atoms with Gasteiger partial charge in [-0.3, -0.25) is 0 Å². The van der Waals surface area contributed by atoms with Crippen LogP contribution in [0.4, 0.5) is 0 Å². The summed E-state index contributed by atoms with van der Waals surface area (Å²) in [6.45, 7) is 16.0. The first-order chi connectivity index (χ1) is 9.51. The van der Waals surface area contributed by atoms with Gasteiger partial charge in [0.2, 0.25) is 0 Å². The lowest BCUT2D eigenvalue weighted by molar-refractivity contribution is -0.246. The van der Waals surface area contributed by atoms with E-state index in [1.54, 1.807) is 0 Å². The quantitative estimate of drug-likeness (QED) is 0.245. The lowest BCUT2D eigenvalue weighted by atomic mass is 9.87. The van der Waals surface area contributed by atoms with Gasteiger partial charge in [0.05, 0.1) is 0 Å². The van der Waals surface area contributed by atoms with Crippen molar-refractivity contribution in [3.8, 4) is 0 Å². The predicted octanol–water partition coefficient (Wildman–Crippen LogP) is 5.72. The van der Waals surface area contributed by atoms with E-state index >= 15 is 0 Å². The van der Waals surface area contributed by atoms with Gasteiger partial charge in [-0.1, -0.05) is 57.6 Å². The third-order valence-electron chi connectivity index (χ3n) is 3.94. The molecule has 0 aromatic carbocycles. The zero-order chi connectivity index (χ0) is 15.4. The molecule has 20 heavy (non-hydrogen) atoms. The second-order valence-corrected chi connectivity index (χ2v) is 5.84. The van der Waals surface area contributed by atoms with Crippen molar-refractivity contribution in [2.75, 3.05) is 13.2 Å². The molecule has 1 atom stereocenters. The molecule has 1 unspecified atom stereocenters. The van der Waals surface area contributed by atoms with Crippen molar-refractivity contribution in [2.45, 2.75) is 85.4 Å². The average Bonchev–Trinajstić information content (AvgIpc) is 2.37. The van der Waals surface area contributed by atoms with Gasteiger partial charge in [-0.25, -0.2) is 0 Å². The molecule has 0 heterocycles. The number of hydrogen-bond donors (Lipinski definition) is 0. The fourth-order valence-corrected chi connectivity index (χ4v) is 2.90. The maximum Gasteiger partial charge on any atom is 0.171 e. The predicted molar refractivity (Wildman–Crippen MR) is 88.0 cm³/mol. The Morgan fingerprint density at radius 3 is 1.90 bits per heavy atom. The van der Waals surface area contributed by atoms with Gasteiger partial charge >= 0.3 is 0 Å². The van der Waals surface area contributed by atoms with Crippen LogP contribution in [0.1, 0.15) is 79.6 Å². The van der Waals surface area contributed by atoms with E-state index in [9.17, 15) is 0 Å². The van der Waals surface area contributed by atoms with Crippen LogP contribution in [0.15, 0.2) is 12.2 Å². The molecule has 0 aromatic heterocycles. The number of rotatable bonds is 13. The van der Waals surface area contributed by atoms with E-state index in [-0.39, 0.29) is 5.92 Å². The second-order valence-electron chi connectivity index (χ2n) is 5.84. The summed E-state index contributed by atoms with van der Waals surface area (Å²) >= 11 is 0. The summed E-state index contributed by atoms with van der Waals surface area (Å²) in [6.07, 6.45) is 9.02. The van der Waals surface area contributed by atoms with E-state index < -0.39 is 5.79 Å². The molecule has 2 heteroatoms. The Bertz CT molecular complexity index is 242. The highest BCUT2D eigenvalue weighted by Crippen LogP contribution is 2.33. The summed E-state index contributed by atoms with van der Waals surface area (Å²) < 4.78 is 11.8. The van der Waals surface area contributed by atoms with Crippen LogP contribution in [-0.4, -0.2) is 19.0 Å². The van der Waals surface area contributed by atoms with Gasteiger partial charge in [-0.2, -0.15) is 0 Å². The van der Waals surface area contributed by atoms with Gasteiger partial charge in [0, 0.05) is 19.1 Å². The van der Waals surface area contributed by atoms with Crippen molar-refractivity contribution in [2.24, 2.45) is 5.92 Å². The fraction of sp³-hybridized carbons (Fsp3) is 0.889. The fourth-order valence-electron chi connectivity index (χ4n) is 2.90. The van der Waals surface area contributed by atoms with E-state index in [0.717, 1.165) is 6.42 Å². The van der Waals surface area contributed by atoms with Gasteiger partial charge in [-0.15, -0.1) is 0 Å². The van der Waals surface area contributed by atoms with E-state index in [1.807, 2.05) is 13.8 Å². The molecule has 0 saturated carbocycles. The van der Waals surface area contributed by atoms with Crippen molar-refractivity contribution >= 4 is 0 Å². The highest BCUT2D eigenvalue weighted by atomic mass is 16.7. The highest BCUT2D eigenvalue weighted by Gasteiger charge is 2.35. The summed E-state index contributed by atoms with van der Waals surface area (Å²) in [4.78, 5) is 0. The van der Waals surface area contributed by atoms with Gasteiger partial charge in [0.1, 0.15) is 0 Å². The van der Waals surface area contributed by atoms with Crippen LogP contribution in [0.5, 0.6) is 0 Å². The van der Waals surface area contributed by atoms with Crippen molar-refractivity contribution in [3.63, 3.8) is 0 Å². The normalized spacial score (nSPS) is 13.4. The number of hydrogen-bond acceptors (Lipinski definition) is 2. The minimum atomic E-state index is -0.515. The number of unbranched alkanes of at least 4 members (excludes halogenated alkanes) is 5. The topological polar surface area (TPSA) is 18.5 Å². The molecule has 0 N–H and O–H groups in total. The maximum absolute atomic E-state index is 5.91. The smallest absolute Gasteiger partial charge is 0.171 e. The van der Waals surface area contributed by atoms with Crippen LogP contribution in [0.25, 0.3) is 0 Å². The summed E-state index contributed by atoms with van der Waals surface area (Å²) in [5.41, 5.74) is 1.17. The van der Waals surface area contributed by atoms with Crippen molar-refractivity contribution in [1.82, 2.24) is 0 Å². The largest absolute Gasteiger partial charge is 0.350 e. The monoisotopic (exact) mass is 284 g/mol. The van der Waals surface area contributed by atoms with Gasteiger partial charge in [0.25, 0.3) is 0 Å². The van der Waals surface area contributed by atoms with Crippen LogP contribution >= 0.6 is 0 Å². The molecule has 120 valence electrons. The molecule has 0 aliphatic rings. The molecular formula is C18H36O2. The maximum atomic E-state index is 5.91. The summed E-state index contributed by atoms with van der Waals surface area (Å²) in [6, 6.07) is 0. The Morgan fingerprint density at radius 2 is 1.45 bits per heavy atom.